The zero-order valence-electron chi connectivity index (χ0n) is 10.3. The van der Waals surface area contributed by atoms with E-state index >= 15 is 0 Å². The topological polar surface area (TPSA) is 69.6 Å². The van der Waals surface area contributed by atoms with Crippen molar-refractivity contribution in [3.05, 3.63) is 0 Å². The minimum Gasteiger partial charge on any atom is -0.481 e. The number of aliphatic carboxylic acids is 1. The third-order valence-electron chi connectivity index (χ3n) is 2.32. The van der Waals surface area contributed by atoms with Crippen LogP contribution in [0.25, 0.3) is 0 Å². The summed E-state index contributed by atoms with van der Waals surface area (Å²) >= 11 is 0. The molecule has 0 saturated heterocycles. The molecule has 16 heavy (non-hydrogen) atoms. The van der Waals surface area contributed by atoms with Gasteiger partial charge in [-0.25, -0.2) is 0 Å². The Morgan fingerprint density at radius 3 is 2.38 bits per heavy atom. The molecule has 5 nitrogen and oxygen atoms in total. The van der Waals surface area contributed by atoms with Gasteiger partial charge in [-0.05, 0) is 27.3 Å². The Balaban J connectivity index is 4.05. The van der Waals surface area contributed by atoms with Crippen LogP contribution in [0.3, 0.4) is 0 Å². The van der Waals surface area contributed by atoms with E-state index in [0.29, 0.717) is 25.9 Å². The van der Waals surface area contributed by atoms with Gasteiger partial charge in [-0.3, -0.25) is 9.59 Å². The minimum absolute atomic E-state index is 0.0785. The molecule has 0 fully saturated rings. The summed E-state index contributed by atoms with van der Waals surface area (Å²) in [5.74, 6) is -0.735. The molecule has 0 aliphatic rings. The highest BCUT2D eigenvalue weighted by Gasteiger charge is 2.16. The van der Waals surface area contributed by atoms with Crippen LogP contribution in [0.1, 0.15) is 33.1 Å². The lowest BCUT2D eigenvalue weighted by Gasteiger charge is -2.26. The molecule has 0 aromatic heterocycles. The summed E-state index contributed by atoms with van der Waals surface area (Å²) in [5, 5.41) is 11.5. The number of nitrogens with zero attached hydrogens (tertiary/aromatic N) is 1. The largest absolute Gasteiger partial charge is 0.481 e. The van der Waals surface area contributed by atoms with E-state index in [0.717, 1.165) is 0 Å². The summed E-state index contributed by atoms with van der Waals surface area (Å²) in [6.45, 7) is 5.06. The summed E-state index contributed by atoms with van der Waals surface area (Å²) in [5.41, 5.74) is 0. The van der Waals surface area contributed by atoms with E-state index in [1.807, 2.05) is 13.8 Å². The SMILES string of the molecule is CNCCC(=O)N(CCCC(=O)O)C(C)C. The average Bonchev–Trinajstić information content (AvgIpc) is 2.20. The molecule has 0 aromatic carbocycles. The minimum atomic E-state index is -0.814. The first-order valence-electron chi connectivity index (χ1n) is 5.65. The van der Waals surface area contributed by atoms with Crippen molar-refractivity contribution < 1.29 is 14.7 Å². The quantitative estimate of drug-likeness (QED) is 0.644. The monoisotopic (exact) mass is 230 g/mol. The van der Waals surface area contributed by atoms with E-state index in [1.165, 1.54) is 0 Å². The fourth-order valence-corrected chi connectivity index (χ4v) is 1.45. The fourth-order valence-electron chi connectivity index (χ4n) is 1.45. The Kier molecular flexibility index (Phi) is 7.54. The predicted molar refractivity (Wildman–Crippen MR) is 62.3 cm³/mol. The Bertz CT molecular complexity index is 229. The van der Waals surface area contributed by atoms with Gasteiger partial charge in [-0.15, -0.1) is 0 Å². The van der Waals surface area contributed by atoms with Crippen molar-refractivity contribution in [2.75, 3.05) is 20.1 Å². The van der Waals surface area contributed by atoms with Crippen molar-refractivity contribution >= 4 is 11.9 Å². The molecule has 94 valence electrons. The zero-order chi connectivity index (χ0) is 12.6. The molecular formula is C11H22N2O3. The van der Waals surface area contributed by atoms with E-state index in [9.17, 15) is 9.59 Å². The van der Waals surface area contributed by atoms with Gasteiger partial charge in [0.15, 0.2) is 0 Å². The maximum Gasteiger partial charge on any atom is 0.303 e. The number of carbonyl (C=O) groups excluding carboxylic acids is 1. The Hall–Kier alpha value is -1.10. The number of carboxylic acid groups (broad SMARTS) is 1. The number of carboxylic acids is 1. The third-order valence-corrected chi connectivity index (χ3v) is 2.32. The maximum atomic E-state index is 11.8. The number of amides is 1. The van der Waals surface area contributed by atoms with Crippen LogP contribution in [-0.4, -0.2) is 48.1 Å². The maximum absolute atomic E-state index is 11.8. The lowest BCUT2D eigenvalue weighted by molar-refractivity contribution is -0.138. The standard InChI is InChI=1S/C11H22N2O3/c1-9(2)13(8-4-5-11(15)16)10(14)6-7-12-3/h9,12H,4-8H2,1-3H3,(H,15,16). The highest BCUT2D eigenvalue weighted by molar-refractivity contribution is 5.76. The molecule has 2 N–H and O–H groups in total. The summed E-state index contributed by atoms with van der Waals surface area (Å²) in [4.78, 5) is 23.9. The molecule has 1 amide bonds. The van der Waals surface area contributed by atoms with Crippen molar-refractivity contribution in [3.63, 3.8) is 0 Å². The number of nitrogens with one attached hydrogen (secondary N) is 1. The van der Waals surface area contributed by atoms with Crippen LogP contribution < -0.4 is 5.32 Å². The number of carbonyl (C=O) groups is 2. The molecule has 0 rings (SSSR count). The molecule has 0 heterocycles. The molecule has 0 radical (unpaired) electrons. The van der Waals surface area contributed by atoms with Gasteiger partial charge in [0.2, 0.25) is 5.91 Å². The average molecular weight is 230 g/mol. The lowest BCUT2D eigenvalue weighted by atomic mass is 10.2. The van der Waals surface area contributed by atoms with Gasteiger partial charge in [0.25, 0.3) is 0 Å². The molecule has 5 heteroatoms. The first-order chi connectivity index (χ1) is 7.49. The van der Waals surface area contributed by atoms with Crippen molar-refractivity contribution in [2.24, 2.45) is 0 Å². The summed E-state index contributed by atoms with van der Waals surface area (Å²) in [6.07, 6.45) is 1.09. The number of hydrogen-bond donors (Lipinski definition) is 2. The van der Waals surface area contributed by atoms with Crippen LogP contribution in [0.4, 0.5) is 0 Å². The highest BCUT2D eigenvalue weighted by Crippen LogP contribution is 2.04. The Morgan fingerprint density at radius 1 is 1.31 bits per heavy atom. The van der Waals surface area contributed by atoms with Crippen LogP contribution >= 0.6 is 0 Å². The zero-order valence-corrected chi connectivity index (χ0v) is 10.3. The summed E-state index contributed by atoms with van der Waals surface area (Å²) in [6, 6.07) is 0.123. The van der Waals surface area contributed by atoms with Gasteiger partial charge in [0.05, 0.1) is 0 Å². The van der Waals surface area contributed by atoms with Gasteiger partial charge in [0, 0.05) is 32.0 Å². The van der Waals surface area contributed by atoms with Crippen LogP contribution in [0.5, 0.6) is 0 Å². The van der Waals surface area contributed by atoms with Crippen molar-refractivity contribution in [1.29, 1.82) is 0 Å². The predicted octanol–water partition coefficient (Wildman–Crippen LogP) is 0.698. The first kappa shape index (κ1) is 14.9. The van der Waals surface area contributed by atoms with Gasteiger partial charge in [-0.1, -0.05) is 0 Å². The molecule has 0 aromatic rings. The van der Waals surface area contributed by atoms with Gasteiger partial charge in [-0.2, -0.15) is 0 Å². The van der Waals surface area contributed by atoms with Crippen LogP contribution in [0.2, 0.25) is 0 Å². The van der Waals surface area contributed by atoms with E-state index < -0.39 is 5.97 Å². The van der Waals surface area contributed by atoms with Crippen LogP contribution in [0.15, 0.2) is 0 Å². The van der Waals surface area contributed by atoms with Gasteiger partial charge in [0.1, 0.15) is 0 Å². The smallest absolute Gasteiger partial charge is 0.303 e. The summed E-state index contributed by atoms with van der Waals surface area (Å²) in [7, 11) is 1.80. The molecule has 0 aliphatic heterocycles. The third kappa shape index (κ3) is 6.40. The second kappa shape index (κ2) is 8.10. The molecule has 0 saturated carbocycles. The first-order valence-corrected chi connectivity index (χ1v) is 5.65. The highest BCUT2D eigenvalue weighted by atomic mass is 16.4. The van der Waals surface area contributed by atoms with Crippen molar-refractivity contribution in [2.45, 2.75) is 39.2 Å². The lowest BCUT2D eigenvalue weighted by Crippen LogP contribution is -2.39. The normalized spacial score (nSPS) is 10.5. The van der Waals surface area contributed by atoms with Crippen LogP contribution in [-0.2, 0) is 9.59 Å². The second-order valence-corrected chi connectivity index (χ2v) is 4.03. The van der Waals surface area contributed by atoms with E-state index in [4.69, 9.17) is 5.11 Å². The second-order valence-electron chi connectivity index (χ2n) is 4.03. The Labute approximate surface area is 96.8 Å². The van der Waals surface area contributed by atoms with E-state index in [-0.39, 0.29) is 18.4 Å². The van der Waals surface area contributed by atoms with Crippen LogP contribution in [0, 0.1) is 0 Å². The van der Waals surface area contributed by atoms with Gasteiger partial charge < -0.3 is 15.3 Å². The van der Waals surface area contributed by atoms with Crippen molar-refractivity contribution in [3.8, 4) is 0 Å². The van der Waals surface area contributed by atoms with Crippen molar-refractivity contribution in [1.82, 2.24) is 10.2 Å². The number of rotatable bonds is 8. The molecular weight excluding hydrogens is 208 g/mol. The molecule has 0 unspecified atom stereocenters. The number of hydrogen-bond acceptors (Lipinski definition) is 3. The molecule has 0 bridgehead atoms. The summed E-state index contributed by atoms with van der Waals surface area (Å²) < 4.78 is 0. The Morgan fingerprint density at radius 2 is 1.94 bits per heavy atom. The van der Waals surface area contributed by atoms with Gasteiger partial charge >= 0.3 is 5.97 Å². The van der Waals surface area contributed by atoms with E-state index in [1.54, 1.807) is 11.9 Å². The molecule has 0 atom stereocenters. The fraction of sp³-hybridized carbons (Fsp3) is 0.818. The van der Waals surface area contributed by atoms with E-state index in [2.05, 4.69) is 5.32 Å². The molecule has 0 spiro atoms. The molecule has 0 aliphatic carbocycles.